The van der Waals surface area contributed by atoms with E-state index in [-0.39, 0.29) is 17.5 Å². The predicted molar refractivity (Wildman–Crippen MR) is 94.0 cm³/mol. The maximum atomic E-state index is 11.8. The van der Waals surface area contributed by atoms with Gasteiger partial charge in [-0.15, -0.1) is 0 Å². The number of carbonyl (C=O) groups excluding carboxylic acids is 3. The van der Waals surface area contributed by atoms with Crippen LogP contribution >= 0.6 is 11.8 Å². The van der Waals surface area contributed by atoms with Crippen LogP contribution in [0.1, 0.15) is 15.9 Å². The minimum absolute atomic E-state index is 0.133. The third-order valence-electron chi connectivity index (χ3n) is 3.03. The molecule has 6 heteroatoms. The second kappa shape index (κ2) is 8.88. The lowest BCUT2D eigenvalue weighted by molar-refractivity contribution is -0.144. The van der Waals surface area contributed by atoms with Crippen LogP contribution in [0.4, 0.5) is 5.69 Å². The van der Waals surface area contributed by atoms with Gasteiger partial charge in [0.2, 0.25) is 5.12 Å². The van der Waals surface area contributed by atoms with E-state index in [1.807, 2.05) is 25.1 Å². The maximum absolute atomic E-state index is 11.8. The molecule has 0 radical (unpaired) electrons. The van der Waals surface area contributed by atoms with Gasteiger partial charge in [0.05, 0.1) is 5.75 Å². The average Bonchev–Trinajstić information content (AvgIpc) is 2.60. The first-order valence-corrected chi connectivity index (χ1v) is 8.27. The predicted octanol–water partition coefficient (Wildman–Crippen LogP) is 3.05. The number of rotatable bonds is 6. The molecule has 0 bridgehead atoms. The largest absolute Gasteiger partial charge is 0.455 e. The molecule has 2 aromatic carbocycles. The lowest BCUT2D eigenvalue weighted by Gasteiger charge is -2.06. The third-order valence-corrected chi connectivity index (χ3v) is 3.91. The van der Waals surface area contributed by atoms with Crippen molar-refractivity contribution in [1.82, 2.24) is 0 Å². The van der Waals surface area contributed by atoms with Crippen molar-refractivity contribution < 1.29 is 19.1 Å². The molecule has 0 unspecified atom stereocenters. The number of thioether (sulfide) groups is 1. The summed E-state index contributed by atoms with van der Waals surface area (Å²) in [5.74, 6) is -1.17. The molecule has 2 rings (SSSR count). The molecule has 5 nitrogen and oxygen atoms in total. The standard InChI is InChI=1S/C18H17NO4S/c1-13-7-9-15(10-8-13)19-16(20)11-23-17(21)12-24-18(22)14-5-3-2-4-6-14/h2-10H,11-12H2,1H3,(H,19,20). The van der Waals surface area contributed by atoms with E-state index in [4.69, 9.17) is 4.74 Å². The van der Waals surface area contributed by atoms with E-state index in [0.29, 0.717) is 11.3 Å². The molecule has 0 fully saturated rings. The van der Waals surface area contributed by atoms with Crippen LogP contribution in [0.15, 0.2) is 54.6 Å². The summed E-state index contributed by atoms with van der Waals surface area (Å²) in [7, 11) is 0. The molecule has 0 heterocycles. The van der Waals surface area contributed by atoms with Crippen molar-refractivity contribution in [1.29, 1.82) is 0 Å². The first-order valence-electron chi connectivity index (χ1n) is 7.29. The van der Waals surface area contributed by atoms with E-state index < -0.39 is 11.9 Å². The Morgan fingerprint density at radius 1 is 1.00 bits per heavy atom. The molecule has 0 atom stereocenters. The van der Waals surface area contributed by atoms with Crippen molar-refractivity contribution in [2.75, 3.05) is 17.7 Å². The molecule has 1 N–H and O–H groups in total. The number of benzene rings is 2. The van der Waals surface area contributed by atoms with Crippen LogP contribution < -0.4 is 5.32 Å². The van der Waals surface area contributed by atoms with Crippen molar-refractivity contribution in [3.63, 3.8) is 0 Å². The number of nitrogens with one attached hydrogen (secondary N) is 1. The summed E-state index contributed by atoms with van der Waals surface area (Å²) in [4.78, 5) is 35.1. The summed E-state index contributed by atoms with van der Waals surface area (Å²) in [5.41, 5.74) is 2.24. The number of hydrogen-bond donors (Lipinski definition) is 1. The monoisotopic (exact) mass is 343 g/mol. The molecule has 0 saturated heterocycles. The smallest absolute Gasteiger partial charge is 0.316 e. The minimum Gasteiger partial charge on any atom is -0.455 e. The van der Waals surface area contributed by atoms with Crippen LogP contribution in [-0.4, -0.2) is 29.4 Å². The van der Waals surface area contributed by atoms with E-state index in [1.165, 1.54) is 0 Å². The first-order chi connectivity index (χ1) is 11.5. The summed E-state index contributed by atoms with van der Waals surface area (Å²) in [5, 5.41) is 2.41. The van der Waals surface area contributed by atoms with Gasteiger partial charge in [0.15, 0.2) is 6.61 Å². The van der Waals surface area contributed by atoms with Gasteiger partial charge in [0.25, 0.3) is 5.91 Å². The number of aryl methyl sites for hydroxylation is 1. The molecule has 1 amide bonds. The summed E-state index contributed by atoms with van der Waals surface area (Å²) >= 11 is 0.850. The van der Waals surface area contributed by atoms with Gasteiger partial charge in [-0.1, -0.05) is 59.8 Å². The Hall–Kier alpha value is -2.60. The normalized spacial score (nSPS) is 10.0. The van der Waals surface area contributed by atoms with Gasteiger partial charge in [-0.2, -0.15) is 0 Å². The van der Waals surface area contributed by atoms with E-state index in [0.717, 1.165) is 17.3 Å². The number of hydrogen-bond acceptors (Lipinski definition) is 5. The van der Waals surface area contributed by atoms with Gasteiger partial charge in [0, 0.05) is 11.3 Å². The fourth-order valence-electron chi connectivity index (χ4n) is 1.80. The van der Waals surface area contributed by atoms with Gasteiger partial charge in [-0.25, -0.2) is 0 Å². The molecule has 0 aromatic heterocycles. The van der Waals surface area contributed by atoms with Crippen molar-refractivity contribution in [2.45, 2.75) is 6.92 Å². The van der Waals surface area contributed by atoms with Gasteiger partial charge in [0.1, 0.15) is 0 Å². The highest BCUT2D eigenvalue weighted by molar-refractivity contribution is 8.14. The van der Waals surface area contributed by atoms with Crippen LogP contribution in [-0.2, 0) is 14.3 Å². The quantitative estimate of drug-likeness (QED) is 0.816. The second-order valence-electron chi connectivity index (χ2n) is 5.02. The SMILES string of the molecule is Cc1ccc(NC(=O)COC(=O)CSC(=O)c2ccccc2)cc1. The summed E-state index contributed by atoms with van der Waals surface area (Å²) in [6, 6.07) is 15.9. The third kappa shape index (κ3) is 5.89. The van der Waals surface area contributed by atoms with E-state index in [9.17, 15) is 14.4 Å². The Morgan fingerprint density at radius 2 is 1.67 bits per heavy atom. The number of ether oxygens (including phenoxy) is 1. The Labute approximate surface area is 144 Å². The fraction of sp³-hybridized carbons (Fsp3) is 0.167. The molecular weight excluding hydrogens is 326 g/mol. The Kier molecular flexibility index (Phi) is 6.57. The lowest BCUT2D eigenvalue weighted by Crippen LogP contribution is -2.21. The van der Waals surface area contributed by atoms with Crippen LogP contribution in [0, 0.1) is 6.92 Å². The zero-order valence-corrected chi connectivity index (χ0v) is 14.0. The van der Waals surface area contributed by atoms with Crippen molar-refractivity contribution >= 4 is 34.4 Å². The average molecular weight is 343 g/mol. The first kappa shape index (κ1) is 17.7. The van der Waals surface area contributed by atoms with Crippen LogP contribution in [0.2, 0.25) is 0 Å². The highest BCUT2D eigenvalue weighted by atomic mass is 32.2. The Bertz CT molecular complexity index is 714. The van der Waals surface area contributed by atoms with E-state index in [1.54, 1.807) is 36.4 Å². The number of amides is 1. The fourth-order valence-corrected chi connectivity index (χ4v) is 2.44. The highest BCUT2D eigenvalue weighted by Gasteiger charge is 2.12. The zero-order chi connectivity index (χ0) is 17.4. The van der Waals surface area contributed by atoms with Gasteiger partial charge < -0.3 is 10.1 Å². The molecule has 0 aliphatic heterocycles. The van der Waals surface area contributed by atoms with Crippen LogP contribution in [0.5, 0.6) is 0 Å². The molecule has 0 aliphatic rings. The molecule has 124 valence electrons. The molecule has 0 saturated carbocycles. The van der Waals surface area contributed by atoms with Gasteiger partial charge >= 0.3 is 5.97 Å². The van der Waals surface area contributed by atoms with Crippen molar-refractivity contribution in [2.24, 2.45) is 0 Å². The molecule has 2 aromatic rings. The number of esters is 1. The molecule has 24 heavy (non-hydrogen) atoms. The Balaban J connectivity index is 1.70. The molecular formula is C18H17NO4S. The molecule has 0 aliphatic carbocycles. The second-order valence-corrected chi connectivity index (χ2v) is 5.97. The topological polar surface area (TPSA) is 72.5 Å². The van der Waals surface area contributed by atoms with E-state index in [2.05, 4.69) is 5.32 Å². The lowest BCUT2D eigenvalue weighted by atomic mass is 10.2. The number of anilines is 1. The number of carbonyl (C=O) groups is 3. The van der Waals surface area contributed by atoms with Gasteiger partial charge in [-0.3, -0.25) is 14.4 Å². The van der Waals surface area contributed by atoms with Gasteiger partial charge in [-0.05, 0) is 19.1 Å². The minimum atomic E-state index is -0.608. The molecule has 0 spiro atoms. The Morgan fingerprint density at radius 3 is 2.33 bits per heavy atom. The summed E-state index contributed by atoms with van der Waals surface area (Å²) in [6.45, 7) is 1.56. The van der Waals surface area contributed by atoms with Crippen molar-refractivity contribution in [3.8, 4) is 0 Å². The summed E-state index contributed by atoms with van der Waals surface area (Å²) < 4.78 is 4.86. The van der Waals surface area contributed by atoms with Crippen LogP contribution in [0.3, 0.4) is 0 Å². The maximum Gasteiger partial charge on any atom is 0.316 e. The zero-order valence-electron chi connectivity index (χ0n) is 13.2. The summed E-state index contributed by atoms with van der Waals surface area (Å²) in [6.07, 6.45) is 0. The van der Waals surface area contributed by atoms with Crippen LogP contribution in [0.25, 0.3) is 0 Å². The van der Waals surface area contributed by atoms with E-state index >= 15 is 0 Å². The van der Waals surface area contributed by atoms with Crippen molar-refractivity contribution in [3.05, 3.63) is 65.7 Å². The highest BCUT2D eigenvalue weighted by Crippen LogP contribution is 2.12.